The Morgan fingerprint density at radius 3 is 2.59 bits per heavy atom. The number of aromatic nitrogens is 2. The Kier molecular flexibility index (Phi) is 8.56. The van der Waals surface area contributed by atoms with Crippen LogP contribution >= 0.6 is 0 Å². The predicted octanol–water partition coefficient (Wildman–Crippen LogP) is 5.45. The van der Waals surface area contributed by atoms with E-state index in [2.05, 4.69) is 30.3 Å². The topological polar surface area (TPSA) is 82.9 Å². The lowest BCUT2D eigenvalue weighted by atomic mass is 9.82. The van der Waals surface area contributed by atoms with E-state index in [0.717, 1.165) is 69.8 Å². The van der Waals surface area contributed by atoms with E-state index >= 15 is 0 Å². The number of carbonyl (C=O) groups excluding carboxylic acids is 2. The number of rotatable bonds is 7. The van der Waals surface area contributed by atoms with E-state index in [0.29, 0.717) is 31.2 Å². The van der Waals surface area contributed by atoms with Crippen molar-refractivity contribution in [3.63, 3.8) is 0 Å². The van der Waals surface area contributed by atoms with Crippen LogP contribution in [-0.4, -0.2) is 66.1 Å². The normalized spacial score (nSPS) is 28.6. The lowest BCUT2D eigenvalue weighted by Gasteiger charge is -2.41. The van der Waals surface area contributed by atoms with Gasteiger partial charge in [-0.2, -0.15) is 5.10 Å². The highest BCUT2D eigenvalue weighted by molar-refractivity contribution is 5.76. The highest BCUT2D eigenvalue weighted by Gasteiger charge is 2.39. The van der Waals surface area contributed by atoms with Gasteiger partial charge in [-0.15, -0.1) is 0 Å². The number of hydrogen-bond acceptors (Lipinski definition) is 6. The fourth-order valence-electron chi connectivity index (χ4n) is 6.33. The summed E-state index contributed by atoms with van der Waals surface area (Å²) >= 11 is 0. The first-order valence-corrected chi connectivity index (χ1v) is 13.8. The average Bonchev–Trinajstić information content (AvgIpc) is 3.41. The second kappa shape index (κ2) is 12.2. The molecule has 8 heteroatoms. The van der Waals surface area contributed by atoms with Gasteiger partial charge < -0.3 is 19.1 Å². The van der Waals surface area contributed by atoms with Crippen molar-refractivity contribution in [2.24, 2.45) is 0 Å². The Morgan fingerprint density at radius 1 is 1.08 bits per heavy atom. The molecule has 1 unspecified atom stereocenters. The fraction of sp³-hybridized carbons (Fsp3) is 0.621. The summed E-state index contributed by atoms with van der Waals surface area (Å²) in [6.45, 7) is 1.73. The molecule has 0 radical (unpaired) electrons. The van der Waals surface area contributed by atoms with Crippen molar-refractivity contribution in [1.82, 2.24) is 14.7 Å². The maximum atomic E-state index is 12.7. The molecule has 2 saturated heterocycles. The van der Waals surface area contributed by atoms with Crippen LogP contribution in [0.2, 0.25) is 0 Å². The first kappa shape index (κ1) is 25.9. The Morgan fingerprint density at radius 2 is 1.89 bits per heavy atom. The molecule has 5 rings (SSSR count). The Bertz CT molecular complexity index is 1030. The van der Waals surface area contributed by atoms with Crippen molar-refractivity contribution in [3.8, 4) is 0 Å². The largest absolute Gasteiger partial charge is 0.453 e. The third kappa shape index (κ3) is 5.91. The molecule has 2 aliphatic heterocycles. The van der Waals surface area contributed by atoms with Crippen LogP contribution in [0.3, 0.4) is 0 Å². The van der Waals surface area contributed by atoms with Gasteiger partial charge in [0.1, 0.15) is 6.23 Å². The Labute approximate surface area is 219 Å². The summed E-state index contributed by atoms with van der Waals surface area (Å²) in [5, 5.41) is 4.86. The summed E-state index contributed by atoms with van der Waals surface area (Å²) in [6, 6.07) is 10.5. The quantitative estimate of drug-likeness (QED) is 0.462. The van der Waals surface area contributed by atoms with E-state index in [1.165, 1.54) is 12.7 Å². The average molecular weight is 510 g/mol. The molecule has 0 N–H and O–H groups in total. The maximum absolute atomic E-state index is 12.7. The highest BCUT2D eigenvalue weighted by Crippen LogP contribution is 2.37. The molecule has 3 aliphatic rings. The lowest BCUT2D eigenvalue weighted by Crippen LogP contribution is -2.50. The number of nitrogens with zero attached hydrogens (tertiary/aromatic N) is 3. The molecule has 1 amide bonds. The Hall–Kier alpha value is -2.71. The van der Waals surface area contributed by atoms with Gasteiger partial charge in [0, 0.05) is 25.3 Å². The summed E-state index contributed by atoms with van der Waals surface area (Å²) in [7, 11) is 1.42. The second-order valence-electron chi connectivity index (χ2n) is 10.6. The van der Waals surface area contributed by atoms with Crippen molar-refractivity contribution in [2.75, 3.05) is 26.9 Å². The zero-order chi connectivity index (χ0) is 25.6. The maximum Gasteiger partial charge on any atom is 0.409 e. The number of hydrogen-bond donors (Lipinski definition) is 0. The zero-order valence-electron chi connectivity index (χ0n) is 21.8. The number of amides is 1. The SMILES string of the molecule is COC(=O)N1CCC[C@H](c2nn(C3CCCCO3)cc2C=O)[C@@H]1CO[C@H]1CC[C@@H](c2ccccc2)CC1. The van der Waals surface area contributed by atoms with E-state index in [4.69, 9.17) is 19.3 Å². The molecule has 3 atom stereocenters. The molecule has 1 saturated carbocycles. The second-order valence-corrected chi connectivity index (χ2v) is 10.6. The minimum atomic E-state index is -0.353. The van der Waals surface area contributed by atoms with E-state index < -0.39 is 0 Å². The van der Waals surface area contributed by atoms with E-state index in [9.17, 15) is 9.59 Å². The molecule has 3 fully saturated rings. The molecule has 3 heterocycles. The van der Waals surface area contributed by atoms with Gasteiger partial charge in [0.2, 0.25) is 0 Å². The summed E-state index contributed by atoms with van der Waals surface area (Å²) in [5.41, 5.74) is 2.71. The molecular formula is C29H39N3O5. The number of piperidine rings is 1. The fourth-order valence-corrected chi connectivity index (χ4v) is 6.33. The molecule has 1 aliphatic carbocycles. The molecule has 0 bridgehead atoms. The van der Waals surface area contributed by atoms with Gasteiger partial charge in [0.25, 0.3) is 0 Å². The van der Waals surface area contributed by atoms with Gasteiger partial charge in [-0.3, -0.25) is 4.79 Å². The molecule has 8 nitrogen and oxygen atoms in total. The van der Waals surface area contributed by atoms with E-state index in [1.807, 2.05) is 0 Å². The minimum Gasteiger partial charge on any atom is -0.453 e. The number of ether oxygens (including phenoxy) is 3. The van der Waals surface area contributed by atoms with Gasteiger partial charge in [0.15, 0.2) is 6.29 Å². The Balaban J connectivity index is 1.30. The van der Waals surface area contributed by atoms with Gasteiger partial charge in [-0.05, 0) is 69.3 Å². The summed E-state index contributed by atoms with van der Waals surface area (Å²) in [4.78, 5) is 26.6. The number of carbonyl (C=O) groups is 2. The summed E-state index contributed by atoms with van der Waals surface area (Å²) < 4.78 is 19.3. The van der Waals surface area contributed by atoms with Crippen LogP contribution in [0, 0.1) is 0 Å². The standard InChI is InChI=1S/C29H39N3O5/c1-35-29(34)31-16-7-10-25(28-23(19-33)18-32(30-28)27-11-5-6-17-36-27)26(31)20-37-24-14-12-22(13-15-24)21-8-3-2-4-9-21/h2-4,8-9,18-19,22,24-27H,5-7,10-17,20H2,1H3/t22-,24+,25-,26-,27?/m0/s1. The van der Waals surface area contributed by atoms with Gasteiger partial charge in [0.05, 0.1) is 37.1 Å². The summed E-state index contributed by atoms with van der Waals surface area (Å²) in [6.07, 6.45) is 11.2. The first-order valence-electron chi connectivity index (χ1n) is 13.8. The highest BCUT2D eigenvalue weighted by atomic mass is 16.5. The van der Waals surface area contributed by atoms with Crippen LogP contribution in [0.25, 0.3) is 0 Å². The minimum absolute atomic E-state index is 0.0986. The summed E-state index contributed by atoms with van der Waals surface area (Å²) in [5.74, 6) is 0.481. The van der Waals surface area contributed by atoms with Gasteiger partial charge in [-0.25, -0.2) is 9.48 Å². The van der Waals surface area contributed by atoms with Crippen LogP contribution in [0.1, 0.15) is 97.5 Å². The molecular weight excluding hydrogens is 470 g/mol. The third-order valence-corrected chi connectivity index (χ3v) is 8.36. The van der Waals surface area contributed by atoms with Crippen LogP contribution in [-0.2, 0) is 14.2 Å². The predicted molar refractivity (Wildman–Crippen MR) is 139 cm³/mol. The van der Waals surface area contributed by atoms with Crippen molar-refractivity contribution < 1.29 is 23.8 Å². The van der Waals surface area contributed by atoms with Crippen molar-refractivity contribution in [2.45, 2.75) is 88.0 Å². The number of likely N-dealkylation sites (tertiary alicyclic amines) is 1. The number of methoxy groups -OCH3 is 1. The van der Waals surface area contributed by atoms with Crippen molar-refractivity contribution >= 4 is 12.4 Å². The van der Waals surface area contributed by atoms with Crippen LogP contribution in [0.5, 0.6) is 0 Å². The molecule has 1 aromatic heterocycles. The molecule has 0 spiro atoms. The van der Waals surface area contributed by atoms with Crippen LogP contribution in [0.15, 0.2) is 36.5 Å². The smallest absolute Gasteiger partial charge is 0.409 e. The van der Waals surface area contributed by atoms with Gasteiger partial charge in [-0.1, -0.05) is 30.3 Å². The van der Waals surface area contributed by atoms with Crippen molar-refractivity contribution in [3.05, 3.63) is 53.3 Å². The van der Waals surface area contributed by atoms with E-state index in [-0.39, 0.29) is 30.4 Å². The zero-order valence-corrected chi connectivity index (χ0v) is 21.8. The first-order chi connectivity index (χ1) is 18.2. The number of benzene rings is 1. The third-order valence-electron chi connectivity index (χ3n) is 8.36. The van der Waals surface area contributed by atoms with Crippen LogP contribution in [0.4, 0.5) is 4.79 Å². The van der Waals surface area contributed by atoms with Crippen molar-refractivity contribution in [1.29, 1.82) is 0 Å². The molecule has 2 aromatic rings. The monoisotopic (exact) mass is 509 g/mol. The molecule has 200 valence electrons. The van der Waals surface area contributed by atoms with E-state index in [1.54, 1.807) is 15.8 Å². The lowest BCUT2D eigenvalue weighted by molar-refractivity contribution is -0.0405. The number of aldehydes is 1. The van der Waals surface area contributed by atoms with Crippen LogP contribution < -0.4 is 0 Å². The molecule has 1 aromatic carbocycles. The molecule has 37 heavy (non-hydrogen) atoms. The van der Waals surface area contributed by atoms with Gasteiger partial charge >= 0.3 is 6.09 Å².